The molecule has 3 aromatic carbocycles. The predicted octanol–water partition coefficient (Wildman–Crippen LogP) is 5.86. The van der Waals surface area contributed by atoms with E-state index in [1.807, 2.05) is 53.1 Å². The van der Waals surface area contributed by atoms with Crippen molar-refractivity contribution >= 4 is 55.9 Å². The Kier molecular flexibility index (Phi) is 5.57. The van der Waals surface area contributed by atoms with E-state index in [0.29, 0.717) is 23.6 Å². The minimum absolute atomic E-state index is 0.0296. The van der Waals surface area contributed by atoms with Crippen molar-refractivity contribution in [2.45, 2.75) is 18.9 Å². The molecule has 1 unspecified atom stereocenters. The topological polar surface area (TPSA) is 55.2 Å². The molecule has 5 rings (SSSR count). The number of carbonyl (C=O) groups excluding carboxylic acids is 2. The number of amides is 1. The highest BCUT2D eigenvalue weighted by molar-refractivity contribution is 9.10. The van der Waals surface area contributed by atoms with Crippen LogP contribution in [0.2, 0.25) is 5.02 Å². The maximum absolute atomic E-state index is 13.1. The maximum Gasteiger partial charge on any atom is 0.227 e. The Morgan fingerprint density at radius 3 is 2.53 bits per heavy atom. The van der Waals surface area contributed by atoms with E-state index in [-0.39, 0.29) is 24.2 Å². The Labute approximate surface area is 198 Å². The van der Waals surface area contributed by atoms with Crippen LogP contribution in [0.4, 0.5) is 5.69 Å². The molecule has 1 aromatic heterocycles. The summed E-state index contributed by atoms with van der Waals surface area (Å²) in [5.74, 6) is 0.666. The molecule has 7 heteroatoms. The molecule has 2 heterocycles. The third-order valence-corrected chi connectivity index (χ3v) is 6.71. The first-order chi connectivity index (χ1) is 15.5. The highest BCUT2D eigenvalue weighted by atomic mass is 79.9. The summed E-state index contributed by atoms with van der Waals surface area (Å²) in [5, 5.41) is 0.590. The molecule has 0 N–H and O–H groups in total. The van der Waals surface area contributed by atoms with Crippen LogP contribution in [0.1, 0.15) is 28.5 Å². The second kappa shape index (κ2) is 8.52. The van der Waals surface area contributed by atoms with Crippen LogP contribution in [-0.2, 0) is 11.3 Å². The first-order valence-electron chi connectivity index (χ1n) is 10.3. The Morgan fingerprint density at radius 2 is 1.75 bits per heavy atom. The predicted molar refractivity (Wildman–Crippen MR) is 129 cm³/mol. The Balaban J connectivity index is 1.51. The van der Waals surface area contributed by atoms with E-state index in [4.69, 9.17) is 16.6 Å². The second-order valence-corrected chi connectivity index (χ2v) is 9.12. The number of rotatable bonds is 5. The van der Waals surface area contributed by atoms with Crippen LogP contribution in [-0.4, -0.2) is 27.8 Å². The lowest BCUT2D eigenvalue weighted by Crippen LogP contribution is -2.25. The van der Waals surface area contributed by atoms with Gasteiger partial charge in [0, 0.05) is 33.9 Å². The molecule has 1 aliphatic heterocycles. The number of carbonyl (C=O) groups is 2. The van der Waals surface area contributed by atoms with Crippen LogP contribution in [0, 0.1) is 0 Å². The highest BCUT2D eigenvalue weighted by Gasteiger charge is 2.35. The van der Waals surface area contributed by atoms with Gasteiger partial charge in [-0.1, -0.05) is 35.9 Å². The maximum atomic E-state index is 13.1. The summed E-state index contributed by atoms with van der Waals surface area (Å²) in [6.07, 6.45) is 0.347. The number of fused-ring (bicyclic) bond motifs is 1. The molecular formula is C25H19BrClN3O2. The van der Waals surface area contributed by atoms with E-state index in [2.05, 4.69) is 15.9 Å². The average molecular weight is 509 g/mol. The van der Waals surface area contributed by atoms with E-state index >= 15 is 0 Å². The standard InChI is InChI=1S/C25H19BrClN3O2/c26-19-5-1-3-7-21(19)29-14-17(13-24(29)32)25-28-20-6-2-4-8-22(20)30(25)15-23(31)16-9-11-18(27)12-10-16/h1-12,17H,13-15H2. The first-order valence-corrected chi connectivity index (χ1v) is 11.5. The lowest BCUT2D eigenvalue weighted by atomic mass is 10.1. The van der Waals surface area contributed by atoms with E-state index in [0.717, 1.165) is 27.0 Å². The fourth-order valence-electron chi connectivity index (χ4n) is 4.23. The van der Waals surface area contributed by atoms with Crippen LogP contribution in [0.25, 0.3) is 11.0 Å². The molecule has 5 nitrogen and oxygen atoms in total. The van der Waals surface area contributed by atoms with Gasteiger partial charge in [0.15, 0.2) is 5.78 Å². The van der Waals surface area contributed by atoms with Crippen molar-refractivity contribution in [3.05, 3.63) is 93.7 Å². The molecule has 0 saturated carbocycles. The quantitative estimate of drug-likeness (QED) is 0.318. The summed E-state index contributed by atoms with van der Waals surface area (Å²) in [7, 11) is 0. The molecule has 1 atom stereocenters. The number of anilines is 1. The summed E-state index contributed by atoms with van der Waals surface area (Å²) in [6.45, 7) is 0.664. The number of benzene rings is 3. The van der Waals surface area contributed by atoms with Gasteiger partial charge in [-0.25, -0.2) is 4.98 Å². The SMILES string of the molecule is O=C(Cn1c(C2CC(=O)N(c3ccccc3Br)C2)nc2ccccc21)c1ccc(Cl)cc1. The highest BCUT2D eigenvalue weighted by Crippen LogP contribution is 2.36. The van der Waals surface area contributed by atoms with Gasteiger partial charge < -0.3 is 9.47 Å². The Morgan fingerprint density at radius 1 is 1.03 bits per heavy atom. The van der Waals surface area contributed by atoms with Gasteiger partial charge >= 0.3 is 0 Å². The molecule has 160 valence electrons. The van der Waals surface area contributed by atoms with Gasteiger partial charge in [-0.15, -0.1) is 0 Å². The van der Waals surface area contributed by atoms with Crippen molar-refractivity contribution in [1.29, 1.82) is 0 Å². The molecule has 1 saturated heterocycles. The summed E-state index contributed by atoms with van der Waals surface area (Å²) < 4.78 is 2.83. The van der Waals surface area contributed by atoms with Gasteiger partial charge in [-0.2, -0.15) is 0 Å². The average Bonchev–Trinajstić information content (AvgIpc) is 3.35. The van der Waals surface area contributed by atoms with Crippen LogP contribution in [0.3, 0.4) is 0 Å². The lowest BCUT2D eigenvalue weighted by Gasteiger charge is -2.18. The minimum Gasteiger partial charge on any atom is -0.320 e. The number of hydrogen-bond donors (Lipinski definition) is 0. The smallest absolute Gasteiger partial charge is 0.227 e. The molecule has 4 aromatic rings. The van der Waals surface area contributed by atoms with Gasteiger partial charge in [0.1, 0.15) is 5.82 Å². The molecular weight excluding hydrogens is 490 g/mol. The first kappa shape index (κ1) is 20.9. The summed E-state index contributed by atoms with van der Waals surface area (Å²) in [5.41, 5.74) is 3.14. The molecule has 1 fully saturated rings. The molecule has 0 radical (unpaired) electrons. The number of Topliss-reactive ketones (excluding diaryl/α,β-unsaturated/α-hetero) is 1. The number of imidazole rings is 1. The summed E-state index contributed by atoms with van der Waals surface area (Å²) >= 11 is 9.52. The third-order valence-electron chi connectivity index (χ3n) is 5.79. The van der Waals surface area contributed by atoms with E-state index in [1.165, 1.54) is 0 Å². The number of aromatic nitrogens is 2. The largest absolute Gasteiger partial charge is 0.320 e. The molecule has 1 aliphatic rings. The fourth-order valence-corrected chi connectivity index (χ4v) is 4.85. The second-order valence-electron chi connectivity index (χ2n) is 7.83. The monoisotopic (exact) mass is 507 g/mol. The van der Waals surface area contributed by atoms with E-state index in [9.17, 15) is 9.59 Å². The lowest BCUT2D eigenvalue weighted by molar-refractivity contribution is -0.117. The third kappa shape index (κ3) is 3.85. The molecule has 32 heavy (non-hydrogen) atoms. The number of ketones is 1. The van der Waals surface area contributed by atoms with Crippen LogP contribution >= 0.6 is 27.5 Å². The fraction of sp³-hybridized carbons (Fsp3) is 0.160. The Hall–Kier alpha value is -2.96. The number of nitrogens with zero attached hydrogens (tertiary/aromatic N) is 3. The number of para-hydroxylation sites is 3. The van der Waals surface area contributed by atoms with Gasteiger partial charge in [-0.3, -0.25) is 9.59 Å². The molecule has 0 spiro atoms. The van der Waals surface area contributed by atoms with Gasteiger partial charge in [0.05, 0.1) is 23.3 Å². The van der Waals surface area contributed by atoms with Crippen molar-refractivity contribution in [2.24, 2.45) is 0 Å². The van der Waals surface area contributed by atoms with Crippen LogP contribution in [0.15, 0.2) is 77.3 Å². The zero-order chi connectivity index (χ0) is 22.2. The van der Waals surface area contributed by atoms with Crippen LogP contribution < -0.4 is 4.90 Å². The number of hydrogen-bond acceptors (Lipinski definition) is 3. The van der Waals surface area contributed by atoms with Crippen molar-refractivity contribution in [3.63, 3.8) is 0 Å². The van der Waals surface area contributed by atoms with Crippen LogP contribution in [0.5, 0.6) is 0 Å². The van der Waals surface area contributed by atoms with Gasteiger partial charge in [0.2, 0.25) is 5.91 Å². The van der Waals surface area contributed by atoms with Crippen molar-refractivity contribution < 1.29 is 9.59 Å². The molecule has 0 aliphatic carbocycles. The van der Waals surface area contributed by atoms with E-state index < -0.39 is 0 Å². The van der Waals surface area contributed by atoms with Crippen molar-refractivity contribution in [1.82, 2.24) is 9.55 Å². The van der Waals surface area contributed by atoms with Crippen molar-refractivity contribution in [2.75, 3.05) is 11.4 Å². The van der Waals surface area contributed by atoms with Gasteiger partial charge in [-0.05, 0) is 64.5 Å². The summed E-state index contributed by atoms with van der Waals surface area (Å²) in [6, 6.07) is 22.4. The van der Waals surface area contributed by atoms with E-state index in [1.54, 1.807) is 29.2 Å². The summed E-state index contributed by atoms with van der Waals surface area (Å²) in [4.78, 5) is 32.6. The zero-order valence-electron chi connectivity index (χ0n) is 17.0. The molecule has 1 amide bonds. The minimum atomic E-state index is -0.111. The molecule has 0 bridgehead atoms. The normalized spacial score (nSPS) is 16.1. The van der Waals surface area contributed by atoms with Crippen molar-refractivity contribution in [3.8, 4) is 0 Å². The van der Waals surface area contributed by atoms with Gasteiger partial charge in [0.25, 0.3) is 0 Å². The zero-order valence-corrected chi connectivity index (χ0v) is 19.4. The Bertz CT molecular complexity index is 1330. The number of halogens is 2.